The first kappa shape index (κ1) is 21.2. The molecule has 1 atom stereocenters. The van der Waals surface area contributed by atoms with Crippen LogP contribution in [0.4, 0.5) is 0 Å². The second kappa shape index (κ2) is 10.9. The molecule has 2 amide bonds. The Labute approximate surface area is 176 Å². The van der Waals surface area contributed by atoms with Crippen LogP contribution >= 0.6 is 0 Å². The zero-order valence-corrected chi connectivity index (χ0v) is 17.0. The van der Waals surface area contributed by atoms with E-state index in [1.807, 2.05) is 61.5 Å². The van der Waals surface area contributed by atoms with Crippen molar-refractivity contribution < 1.29 is 18.7 Å². The lowest BCUT2D eigenvalue weighted by atomic mass is 9.98. The molecule has 1 unspecified atom stereocenters. The fraction of sp³-hybridized carbons (Fsp3) is 0.250. The average molecular weight is 406 g/mol. The monoisotopic (exact) mass is 406 g/mol. The Bertz CT molecular complexity index is 922. The highest BCUT2D eigenvalue weighted by Crippen LogP contribution is 2.24. The number of hydrogen-bond donors (Lipinski definition) is 2. The summed E-state index contributed by atoms with van der Waals surface area (Å²) in [6, 6.07) is 20.6. The molecular weight excluding hydrogens is 380 g/mol. The van der Waals surface area contributed by atoms with E-state index in [1.54, 1.807) is 12.1 Å². The molecule has 0 aliphatic heterocycles. The van der Waals surface area contributed by atoms with Gasteiger partial charge in [-0.2, -0.15) is 0 Å². The van der Waals surface area contributed by atoms with E-state index in [9.17, 15) is 9.59 Å². The number of carbonyl (C=O) groups excluding carboxylic acids is 2. The van der Waals surface area contributed by atoms with Crippen molar-refractivity contribution in [2.24, 2.45) is 0 Å². The average Bonchev–Trinajstić information content (AvgIpc) is 3.32. The highest BCUT2D eigenvalue weighted by Gasteiger charge is 2.17. The molecule has 0 radical (unpaired) electrons. The van der Waals surface area contributed by atoms with Gasteiger partial charge in [0, 0.05) is 13.0 Å². The lowest BCUT2D eigenvalue weighted by Crippen LogP contribution is -2.30. The van der Waals surface area contributed by atoms with Gasteiger partial charge < -0.3 is 19.8 Å². The highest BCUT2D eigenvalue weighted by molar-refractivity contribution is 5.91. The number of carbonyl (C=O) groups is 2. The summed E-state index contributed by atoms with van der Waals surface area (Å²) in [5.74, 6) is 0.702. The van der Waals surface area contributed by atoms with Crippen LogP contribution in [0.3, 0.4) is 0 Å². The van der Waals surface area contributed by atoms with Gasteiger partial charge in [0.2, 0.25) is 5.91 Å². The third kappa shape index (κ3) is 5.98. The van der Waals surface area contributed by atoms with Gasteiger partial charge in [-0.05, 0) is 48.7 Å². The van der Waals surface area contributed by atoms with E-state index in [0.717, 1.165) is 16.9 Å². The van der Waals surface area contributed by atoms with Crippen molar-refractivity contribution in [2.45, 2.75) is 25.8 Å². The number of ether oxygens (including phenoxy) is 1. The minimum Gasteiger partial charge on any atom is -0.494 e. The predicted octanol–water partition coefficient (Wildman–Crippen LogP) is 4.09. The molecule has 2 N–H and O–H groups in total. The molecule has 30 heavy (non-hydrogen) atoms. The summed E-state index contributed by atoms with van der Waals surface area (Å²) in [6.07, 6.45) is 2.29. The number of hydrogen-bond acceptors (Lipinski definition) is 4. The first-order valence-corrected chi connectivity index (χ1v) is 10.1. The lowest BCUT2D eigenvalue weighted by molar-refractivity contribution is -0.121. The molecule has 0 fully saturated rings. The van der Waals surface area contributed by atoms with Crippen LogP contribution in [0.25, 0.3) is 0 Å². The fourth-order valence-electron chi connectivity index (χ4n) is 3.11. The molecule has 1 aromatic heterocycles. The van der Waals surface area contributed by atoms with Crippen molar-refractivity contribution in [1.29, 1.82) is 0 Å². The van der Waals surface area contributed by atoms with Crippen LogP contribution in [-0.4, -0.2) is 25.0 Å². The standard InChI is InChI=1S/C24H26N2O4/c1-2-29-20-14-12-19(13-15-20)23(18-8-4-3-5-9-18)26-22(27)11-6-16-25-24(28)21-10-7-17-30-21/h3-5,7-10,12-15,17,23H,2,6,11,16H2,1H3,(H,25,28)(H,26,27). The van der Waals surface area contributed by atoms with E-state index in [2.05, 4.69) is 10.6 Å². The maximum Gasteiger partial charge on any atom is 0.286 e. The molecule has 3 rings (SSSR count). The Kier molecular flexibility index (Phi) is 7.66. The van der Waals surface area contributed by atoms with Crippen molar-refractivity contribution in [1.82, 2.24) is 10.6 Å². The number of furan rings is 1. The Balaban J connectivity index is 1.57. The maximum atomic E-state index is 12.6. The highest BCUT2D eigenvalue weighted by atomic mass is 16.5. The smallest absolute Gasteiger partial charge is 0.286 e. The Morgan fingerprint density at radius 2 is 1.70 bits per heavy atom. The van der Waals surface area contributed by atoms with E-state index in [0.29, 0.717) is 26.0 Å². The molecule has 0 aliphatic rings. The summed E-state index contributed by atoms with van der Waals surface area (Å²) >= 11 is 0. The van der Waals surface area contributed by atoms with Gasteiger partial charge in [-0.25, -0.2) is 0 Å². The molecule has 2 aromatic carbocycles. The minimum atomic E-state index is -0.281. The Morgan fingerprint density at radius 1 is 0.967 bits per heavy atom. The zero-order chi connectivity index (χ0) is 21.2. The van der Waals surface area contributed by atoms with E-state index in [4.69, 9.17) is 9.15 Å². The summed E-state index contributed by atoms with van der Waals surface area (Å²) in [7, 11) is 0. The molecular formula is C24H26N2O4. The number of rotatable bonds is 10. The molecule has 1 heterocycles. The van der Waals surface area contributed by atoms with Crippen LogP contribution in [0.5, 0.6) is 5.75 Å². The quantitative estimate of drug-likeness (QED) is 0.497. The van der Waals surface area contributed by atoms with Gasteiger partial charge in [-0.15, -0.1) is 0 Å². The van der Waals surface area contributed by atoms with E-state index >= 15 is 0 Å². The molecule has 6 nitrogen and oxygen atoms in total. The van der Waals surface area contributed by atoms with Crippen LogP contribution < -0.4 is 15.4 Å². The molecule has 0 bridgehead atoms. The summed E-state index contributed by atoms with van der Waals surface area (Å²) in [5, 5.41) is 5.85. The molecule has 3 aromatic rings. The van der Waals surface area contributed by atoms with E-state index in [1.165, 1.54) is 6.26 Å². The molecule has 0 aliphatic carbocycles. The summed E-state index contributed by atoms with van der Waals surface area (Å²) in [4.78, 5) is 24.4. The van der Waals surface area contributed by atoms with Crippen LogP contribution in [-0.2, 0) is 4.79 Å². The van der Waals surface area contributed by atoms with Gasteiger partial charge in [0.25, 0.3) is 5.91 Å². The molecule has 6 heteroatoms. The topological polar surface area (TPSA) is 80.6 Å². The largest absolute Gasteiger partial charge is 0.494 e. The van der Waals surface area contributed by atoms with Crippen LogP contribution in [0.15, 0.2) is 77.4 Å². The second-order valence-electron chi connectivity index (χ2n) is 6.75. The number of benzene rings is 2. The van der Waals surface area contributed by atoms with Gasteiger partial charge in [0.05, 0.1) is 18.9 Å². The van der Waals surface area contributed by atoms with Crippen molar-refractivity contribution in [3.63, 3.8) is 0 Å². The van der Waals surface area contributed by atoms with Gasteiger partial charge in [0.15, 0.2) is 5.76 Å². The number of amides is 2. The van der Waals surface area contributed by atoms with Gasteiger partial charge >= 0.3 is 0 Å². The van der Waals surface area contributed by atoms with Gasteiger partial charge in [-0.3, -0.25) is 9.59 Å². The van der Waals surface area contributed by atoms with Crippen molar-refractivity contribution >= 4 is 11.8 Å². The van der Waals surface area contributed by atoms with E-state index in [-0.39, 0.29) is 23.6 Å². The SMILES string of the molecule is CCOc1ccc(C(NC(=O)CCCNC(=O)c2ccco2)c2ccccc2)cc1. The molecule has 0 saturated carbocycles. The van der Waals surface area contributed by atoms with Crippen LogP contribution in [0.1, 0.15) is 47.5 Å². The maximum absolute atomic E-state index is 12.6. The Hall–Kier alpha value is -3.54. The number of nitrogens with one attached hydrogen (secondary N) is 2. The molecule has 0 saturated heterocycles. The summed E-state index contributed by atoms with van der Waals surface area (Å²) in [5.41, 5.74) is 1.98. The first-order chi connectivity index (χ1) is 14.7. The van der Waals surface area contributed by atoms with Crippen molar-refractivity contribution in [3.8, 4) is 5.75 Å². The minimum absolute atomic E-state index is 0.0787. The van der Waals surface area contributed by atoms with Gasteiger partial charge in [-0.1, -0.05) is 42.5 Å². The summed E-state index contributed by atoms with van der Waals surface area (Å²) in [6.45, 7) is 2.94. The third-order valence-corrected chi connectivity index (χ3v) is 4.57. The van der Waals surface area contributed by atoms with Crippen LogP contribution in [0, 0.1) is 0 Å². The fourth-order valence-corrected chi connectivity index (χ4v) is 3.11. The van der Waals surface area contributed by atoms with Gasteiger partial charge in [0.1, 0.15) is 5.75 Å². The first-order valence-electron chi connectivity index (χ1n) is 10.1. The molecule has 0 spiro atoms. The van der Waals surface area contributed by atoms with Crippen molar-refractivity contribution in [2.75, 3.05) is 13.2 Å². The van der Waals surface area contributed by atoms with E-state index < -0.39 is 0 Å². The zero-order valence-electron chi connectivity index (χ0n) is 17.0. The summed E-state index contributed by atoms with van der Waals surface area (Å²) < 4.78 is 10.6. The second-order valence-corrected chi connectivity index (χ2v) is 6.75. The van der Waals surface area contributed by atoms with Crippen LogP contribution in [0.2, 0.25) is 0 Å². The molecule has 156 valence electrons. The Morgan fingerprint density at radius 3 is 2.37 bits per heavy atom. The lowest BCUT2D eigenvalue weighted by Gasteiger charge is -2.20. The van der Waals surface area contributed by atoms with Crippen molar-refractivity contribution in [3.05, 3.63) is 89.9 Å². The predicted molar refractivity (Wildman–Crippen MR) is 114 cm³/mol. The normalized spacial score (nSPS) is 11.5. The third-order valence-electron chi connectivity index (χ3n) is 4.57.